The standard InChI is InChI=1S/C35H48F4N4O4S/c1-33(2,3)43-22-30(25-7-10-28(47-5)11-8-25)34(36,23-43)32(44)42-17-13-24(14-18-42)29-12-9-26(35(37,38)39)21-31(29)41-19-15-27(16-20-41)40(4)48(6,45)46/h7-12,21,24,27,30H,13-20,22-23H2,1-6H3/t30-,34-/m0/s1. The summed E-state index contributed by atoms with van der Waals surface area (Å²) in [7, 11) is -0.293. The molecule has 3 saturated heterocycles. The summed E-state index contributed by atoms with van der Waals surface area (Å²) >= 11 is 0. The molecule has 1 amide bonds. The molecular formula is C35H48F4N4O4S. The number of piperidine rings is 2. The van der Waals surface area contributed by atoms with Crippen LogP contribution in [0, 0.1) is 0 Å². The van der Waals surface area contributed by atoms with Crippen LogP contribution in [0.2, 0.25) is 0 Å². The number of halogens is 4. The number of alkyl halides is 4. The van der Waals surface area contributed by atoms with Crippen LogP contribution in [-0.2, 0) is 21.0 Å². The number of amides is 1. The smallest absolute Gasteiger partial charge is 0.416 e. The van der Waals surface area contributed by atoms with Gasteiger partial charge in [0.05, 0.1) is 18.9 Å². The van der Waals surface area contributed by atoms with Crippen molar-refractivity contribution in [2.24, 2.45) is 0 Å². The van der Waals surface area contributed by atoms with Crippen molar-refractivity contribution in [1.29, 1.82) is 0 Å². The van der Waals surface area contributed by atoms with Gasteiger partial charge in [-0.3, -0.25) is 9.69 Å². The van der Waals surface area contributed by atoms with Crippen LogP contribution in [0.25, 0.3) is 0 Å². The summed E-state index contributed by atoms with van der Waals surface area (Å²) in [6, 6.07) is 10.8. The van der Waals surface area contributed by atoms with Crippen LogP contribution in [0.15, 0.2) is 42.5 Å². The third-order valence-electron chi connectivity index (χ3n) is 10.6. The van der Waals surface area contributed by atoms with Gasteiger partial charge in [-0.1, -0.05) is 18.2 Å². The first kappa shape index (κ1) is 36.4. The Balaban J connectivity index is 1.35. The van der Waals surface area contributed by atoms with Gasteiger partial charge in [-0.15, -0.1) is 0 Å². The minimum Gasteiger partial charge on any atom is -0.497 e. The first-order chi connectivity index (χ1) is 22.3. The van der Waals surface area contributed by atoms with E-state index in [-0.39, 0.29) is 24.0 Å². The highest BCUT2D eigenvalue weighted by atomic mass is 32.2. The SMILES string of the molecule is COc1ccc([C@@H]2CN(C(C)(C)C)C[C@@]2(F)C(=O)N2CCC(c3ccc(C(F)(F)F)cc3N3CCC(N(C)S(C)(=O)=O)CC3)CC2)cc1. The molecule has 3 aliphatic rings. The minimum absolute atomic E-state index is 0.0283. The molecule has 13 heteroatoms. The Labute approximate surface area is 282 Å². The summed E-state index contributed by atoms with van der Waals surface area (Å²) in [6.45, 7) is 7.80. The molecule has 0 aliphatic carbocycles. The fraction of sp³-hybridized carbons (Fsp3) is 0.629. The molecule has 3 heterocycles. The average molecular weight is 697 g/mol. The van der Waals surface area contributed by atoms with Crippen molar-refractivity contribution in [3.05, 3.63) is 59.2 Å². The summed E-state index contributed by atoms with van der Waals surface area (Å²) in [4.78, 5) is 19.6. The fourth-order valence-corrected chi connectivity index (χ4v) is 8.24. The third kappa shape index (κ3) is 7.47. The summed E-state index contributed by atoms with van der Waals surface area (Å²) < 4.78 is 89.5. The van der Waals surface area contributed by atoms with E-state index in [1.165, 1.54) is 17.4 Å². The van der Waals surface area contributed by atoms with Gasteiger partial charge in [-0.2, -0.15) is 13.2 Å². The van der Waals surface area contributed by atoms with Gasteiger partial charge in [-0.25, -0.2) is 17.1 Å². The molecule has 266 valence electrons. The van der Waals surface area contributed by atoms with E-state index < -0.39 is 39.3 Å². The van der Waals surface area contributed by atoms with Crippen LogP contribution >= 0.6 is 0 Å². The van der Waals surface area contributed by atoms with E-state index in [1.807, 2.05) is 42.7 Å². The van der Waals surface area contributed by atoms with Crippen molar-refractivity contribution in [2.75, 3.05) is 64.6 Å². The number of hydrogen-bond acceptors (Lipinski definition) is 6. The van der Waals surface area contributed by atoms with Gasteiger partial charge in [-0.05, 0) is 87.8 Å². The largest absolute Gasteiger partial charge is 0.497 e. The molecule has 0 saturated carbocycles. The van der Waals surface area contributed by atoms with Gasteiger partial charge in [0.2, 0.25) is 15.7 Å². The zero-order valence-electron chi connectivity index (χ0n) is 28.7. The highest BCUT2D eigenvalue weighted by Crippen LogP contribution is 2.45. The number of hydrogen-bond donors (Lipinski definition) is 0. The van der Waals surface area contributed by atoms with Gasteiger partial charge in [0, 0.05) is 69.5 Å². The number of ether oxygens (including phenoxy) is 1. The highest BCUT2D eigenvalue weighted by molar-refractivity contribution is 7.88. The first-order valence-corrected chi connectivity index (χ1v) is 18.4. The maximum absolute atomic E-state index is 17.2. The summed E-state index contributed by atoms with van der Waals surface area (Å²) in [5, 5.41) is 0. The second kappa shape index (κ2) is 13.4. The van der Waals surface area contributed by atoms with Crippen LogP contribution in [0.1, 0.15) is 75.0 Å². The fourth-order valence-electron chi connectivity index (χ4n) is 7.49. The van der Waals surface area contributed by atoms with E-state index >= 15 is 4.39 Å². The lowest BCUT2D eigenvalue weighted by molar-refractivity contribution is -0.145. The van der Waals surface area contributed by atoms with Crippen molar-refractivity contribution in [3.63, 3.8) is 0 Å². The van der Waals surface area contributed by atoms with Crippen molar-refractivity contribution in [2.45, 2.75) is 81.7 Å². The van der Waals surface area contributed by atoms with Gasteiger partial charge >= 0.3 is 6.18 Å². The molecule has 48 heavy (non-hydrogen) atoms. The first-order valence-electron chi connectivity index (χ1n) is 16.6. The van der Waals surface area contributed by atoms with Gasteiger partial charge in [0.1, 0.15) is 5.75 Å². The summed E-state index contributed by atoms with van der Waals surface area (Å²) in [5.41, 5.74) is -1.23. The molecule has 5 rings (SSSR count). The van der Waals surface area contributed by atoms with Crippen LogP contribution in [-0.4, -0.2) is 105 Å². The normalized spacial score (nSPS) is 24.0. The molecular weight excluding hydrogens is 648 g/mol. The summed E-state index contributed by atoms with van der Waals surface area (Å²) in [5.74, 6) is -0.682. The van der Waals surface area contributed by atoms with E-state index in [2.05, 4.69) is 0 Å². The Morgan fingerprint density at radius 1 is 0.958 bits per heavy atom. The molecule has 0 aromatic heterocycles. The maximum Gasteiger partial charge on any atom is 0.416 e. The monoisotopic (exact) mass is 696 g/mol. The number of methoxy groups -OCH3 is 1. The molecule has 2 aromatic carbocycles. The van der Waals surface area contributed by atoms with Crippen molar-refractivity contribution in [1.82, 2.24) is 14.1 Å². The molecule has 3 fully saturated rings. The molecule has 2 aromatic rings. The second-order valence-electron chi connectivity index (χ2n) is 14.6. The number of anilines is 1. The number of carbonyl (C=O) groups is 1. The van der Waals surface area contributed by atoms with Crippen LogP contribution in [0.4, 0.5) is 23.2 Å². The van der Waals surface area contributed by atoms with Crippen LogP contribution in [0.3, 0.4) is 0 Å². The third-order valence-corrected chi connectivity index (χ3v) is 12.0. The Morgan fingerprint density at radius 2 is 1.56 bits per heavy atom. The highest BCUT2D eigenvalue weighted by Gasteiger charge is 2.57. The van der Waals surface area contributed by atoms with Gasteiger partial charge < -0.3 is 14.5 Å². The van der Waals surface area contributed by atoms with Crippen molar-refractivity contribution < 1.29 is 35.5 Å². The molecule has 0 bridgehead atoms. The van der Waals surface area contributed by atoms with E-state index in [0.29, 0.717) is 69.8 Å². The van der Waals surface area contributed by atoms with E-state index in [4.69, 9.17) is 4.74 Å². The zero-order chi connectivity index (χ0) is 35.2. The number of benzene rings is 2. The zero-order valence-corrected chi connectivity index (χ0v) is 29.5. The Kier molecular flexibility index (Phi) is 10.2. The van der Waals surface area contributed by atoms with Gasteiger partial charge in [0.25, 0.3) is 5.91 Å². The van der Waals surface area contributed by atoms with Crippen LogP contribution < -0.4 is 9.64 Å². The lowest BCUT2D eigenvalue weighted by atomic mass is 9.83. The topological polar surface area (TPSA) is 73.4 Å². The molecule has 0 unspecified atom stereocenters. The van der Waals surface area contributed by atoms with Gasteiger partial charge in [0.15, 0.2) is 0 Å². The number of sulfonamides is 1. The lowest BCUT2D eigenvalue weighted by Crippen LogP contribution is -2.53. The minimum atomic E-state index is -4.52. The van der Waals surface area contributed by atoms with Crippen LogP contribution in [0.5, 0.6) is 5.75 Å². The Bertz CT molecular complexity index is 1560. The molecule has 0 spiro atoms. The summed E-state index contributed by atoms with van der Waals surface area (Å²) in [6.07, 6.45) is -1.40. The average Bonchev–Trinajstić information content (AvgIpc) is 3.42. The van der Waals surface area contributed by atoms with Crippen molar-refractivity contribution in [3.8, 4) is 5.75 Å². The quantitative estimate of drug-likeness (QED) is 0.337. The lowest BCUT2D eigenvalue weighted by Gasteiger charge is -2.40. The molecule has 2 atom stereocenters. The second-order valence-corrected chi connectivity index (χ2v) is 16.6. The number of nitrogens with zero attached hydrogens (tertiary/aromatic N) is 4. The molecule has 0 radical (unpaired) electrons. The van der Waals surface area contributed by atoms with E-state index in [9.17, 15) is 26.4 Å². The van der Waals surface area contributed by atoms with E-state index in [1.54, 1.807) is 30.2 Å². The molecule has 3 aliphatic heterocycles. The van der Waals surface area contributed by atoms with Crippen molar-refractivity contribution >= 4 is 21.6 Å². The Morgan fingerprint density at radius 3 is 2.08 bits per heavy atom. The predicted molar refractivity (Wildman–Crippen MR) is 179 cm³/mol. The number of carbonyl (C=O) groups excluding carboxylic acids is 1. The number of rotatable bonds is 7. The maximum atomic E-state index is 17.2. The molecule has 0 N–H and O–H groups in total. The predicted octanol–water partition coefficient (Wildman–Crippen LogP) is 5.89. The molecule has 8 nitrogen and oxygen atoms in total. The van der Waals surface area contributed by atoms with E-state index in [0.717, 1.165) is 23.4 Å². The Hall–Kier alpha value is -2.90. The number of likely N-dealkylation sites (tertiary alicyclic amines) is 2.